The van der Waals surface area contributed by atoms with Crippen LogP contribution in [0.5, 0.6) is 0 Å². The average molecular weight is 285 g/mol. The van der Waals surface area contributed by atoms with Crippen LogP contribution in [-0.4, -0.2) is 31.2 Å². The Morgan fingerprint density at radius 1 is 1.19 bits per heavy atom. The molecule has 1 amide bonds. The quantitative estimate of drug-likeness (QED) is 0.768. The topological polar surface area (TPSA) is 63.2 Å². The van der Waals surface area contributed by atoms with E-state index in [4.69, 9.17) is 4.74 Å². The van der Waals surface area contributed by atoms with E-state index in [0.717, 1.165) is 17.8 Å². The largest absolute Gasteiger partial charge is 0.385 e. The summed E-state index contributed by atoms with van der Waals surface area (Å²) in [4.78, 5) is 16.1. The summed E-state index contributed by atoms with van der Waals surface area (Å²) in [5, 5.41) is 6.05. The van der Waals surface area contributed by atoms with Gasteiger partial charge in [-0.05, 0) is 24.6 Å². The molecule has 1 aromatic heterocycles. The highest BCUT2D eigenvalue weighted by Crippen LogP contribution is 2.16. The van der Waals surface area contributed by atoms with Crippen molar-refractivity contribution in [1.82, 2.24) is 10.3 Å². The molecule has 2 rings (SSSR count). The van der Waals surface area contributed by atoms with Crippen LogP contribution in [0.2, 0.25) is 0 Å². The fraction of sp³-hybridized carbons (Fsp3) is 0.250. The molecule has 1 heterocycles. The number of nitrogens with one attached hydrogen (secondary N) is 2. The Kier molecular flexibility index (Phi) is 5.72. The Hall–Kier alpha value is -2.40. The average Bonchev–Trinajstić information content (AvgIpc) is 2.53. The molecule has 0 atom stereocenters. The van der Waals surface area contributed by atoms with Crippen LogP contribution in [0.25, 0.3) is 0 Å². The molecule has 0 unspecified atom stereocenters. The van der Waals surface area contributed by atoms with Crippen molar-refractivity contribution in [2.45, 2.75) is 6.42 Å². The Morgan fingerprint density at radius 2 is 2.00 bits per heavy atom. The lowest BCUT2D eigenvalue weighted by molar-refractivity contribution is 0.0948. The smallest absolute Gasteiger partial charge is 0.252 e. The van der Waals surface area contributed by atoms with Gasteiger partial charge in [-0.3, -0.25) is 9.78 Å². The third-order valence-electron chi connectivity index (χ3n) is 2.87. The number of pyridine rings is 1. The van der Waals surface area contributed by atoms with Crippen LogP contribution in [0.1, 0.15) is 16.8 Å². The van der Waals surface area contributed by atoms with Gasteiger partial charge in [0.25, 0.3) is 5.91 Å². The summed E-state index contributed by atoms with van der Waals surface area (Å²) in [6, 6.07) is 11.5. The van der Waals surface area contributed by atoms with Crippen molar-refractivity contribution in [1.29, 1.82) is 0 Å². The molecule has 0 saturated heterocycles. The molecule has 0 aliphatic rings. The molecule has 5 nitrogen and oxygen atoms in total. The fourth-order valence-corrected chi connectivity index (χ4v) is 1.84. The maximum absolute atomic E-state index is 12.0. The zero-order valence-corrected chi connectivity index (χ0v) is 12.0. The molecule has 21 heavy (non-hydrogen) atoms. The number of nitrogens with zero attached hydrogens (tertiary/aromatic N) is 1. The summed E-state index contributed by atoms with van der Waals surface area (Å²) in [6.45, 7) is 1.22. The van der Waals surface area contributed by atoms with Gasteiger partial charge < -0.3 is 15.4 Å². The number of hydrogen-bond acceptors (Lipinski definition) is 4. The minimum Gasteiger partial charge on any atom is -0.385 e. The second-order valence-corrected chi connectivity index (χ2v) is 4.56. The van der Waals surface area contributed by atoms with Crippen molar-refractivity contribution < 1.29 is 9.53 Å². The third-order valence-corrected chi connectivity index (χ3v) is 2.87. The number of carbonyl (C=O) groups is 1. The zero-order valence-electron chi connectivity index (χ0n) is 12.0. The van der Waals surface area contributed by atoms with Crippen LogP contribution < -0.4 is 10.6 Å². The Morgan fingerprint density at radius 3 is 2.76 bits per heavy atom. The number of aromatic nitrogens is 1. The van der Waals surface area contributed by atoms with Gasteiger partial charge in [-0.15, -0.1) is 0 Å². The van der Waals surface area contributed by atoms with Crippen molar-refractivity contribution in [2.24, 2.45) is 0 Å². The number of methoxy groups -OCH3 is 1. The van der Waals surface area contributed by atoms with Crippen LogP contribution >= 0.6 is 0 Å². The first-order chi connectivity index (χ1) is 10.3. The number of amides is 1. The van der Waals surface area contributed by atoms with Crippen LogP contribution in [0.15, 0.2) is 48.8 Å². The summed E-state index contributed by atoms with van der Waals surface area (Å²) in [5.74, 6) is -0.129. The normalized spacial score (nSPS) is 10.1. The van der Waals surface area contributed by atoms with Gasteiger partial charge in [0.15, 0.2) is 0 Å². The lowest BCUT2D eigenvalue weighted by atomic mass is 10.2. The van der Waals surface area contributed by atoms with E-state index in [0.29, 0.717) is 18.7 Å². The Balaban J connectivity index is 1.95. The molecule has 0 spiro atoms. The number of carbonyl (C=O) groups excluding carboxylic acids is 1. The fourth-order valence-electron chi connectivity index (χ4n) is 1.84. The van der Waals surface area contributed by atoms with E-state index < -0.39 is 0 Å². The van der Waals surface area contributed by atoms with Crippen molar-refractivity contribution in [3.63, 3.8) is 0 Å². The molecule has 0 bridgehead atoms. The lowest BCUT2D eigenvalue weighted by Crippen LogP contribution is -2.25. The molecular formula is C16H19N3O2. The number of rotatable bonds is 7. The van der Waals surface area contributed by atoms with Crippen LogP contribution in [0.3, 0.4) is 0 Å². The minimum absolute atomic E-state index is 0.129. The molecule has 0 aliphatic carbocycles. The van der Waals surface area contributed by atoms with E-state index in [1.165, 1.54) is 0 Å². The first kappa shape index (κ1) is 15.0. The van der Waals surface area contributed by atoms with E-state index in [9.17, 15) is 4.79 Å². The number of anilines is 2. The van der Waals surface area contributed by atoms with Crippen molar-refractivity contribution in [2.75, 3.05) is 25.6 Å². The summed E-state index contributed by atoms with van der Waals surface area (Å²) >= 11 is 0. The number of hydrogen-bond donors (Lipinski definition) is 2. The van der Waals surface area contributed by atoms with Crippen LogP contribution in [0.4, 0.5) is 11.4 Å². The monoisotopic (exact) mass is 285 g/mol. The highest BCUT2D eigenvalue weighted by Gasteiger charge is 2.06. The van der Waals surface area contributed by atoms with Crippen molar-refractivity contribution in [3.05, 3.63) is 54.4 Å². The highest BCUT2D eigenvalue weighted by molar-refractivity contribution is 5.94. The van der Waals surface area contributed by atoms with E-state index in [1.807, 2.05) is 30.3 Å². The van der Waals surface area contributed by atoms with Crippen LogP contribution in [-0.2, 0) is 4.74 Å². The second-order valence-electron chi connectivity index (χ2n) is 4.56. The first-order valence-corrected chi connectivity index (χ1v) is 6.84. The summed E-state index contributed by atoms with van der Waals surface area (Å²) in [6.07, 6.45) is 4.04. The van der Waals surface area contributed by atoms with E-state index in [2.05, 4.69) is 15.6 Å². The molecule has 2 N–H and O–H groups in total. The summed E-state index contributed by atoms with van der Waals surface area (Å²) in [5.41, 5.74) is 2.27. The predicted molar refractivity (Wildman–Crippen MR) is 82.8 cm³/mol. The Labute approximate surface area is 124 Å². The summed E-state index contributed by atoms with van der Waals surface area (Å²) in [7, 11) is 1.64. The maximum Gasteiger partial charge on any atom is 0.252 e. The number of para-hydroxylation sites is 1. The lowest BCUT2D eigenvalue weighted by Gasteiger charge is -2.08. The van der Waals surface area contributed by atoms with Gasteiger partial charge >= 0.3 is 0 Å². The van der Waals surface area contributed by atoms with Gasteiger partial charge in [-0.25, -0.2) is 0 Å². The molecule has 110 valence electrons. The van der Waals surface area contributed by atoms with Crippen molar-refractivity contribution in [3.8, 4) is 0 Å². The molecule has 1 aromatic carbocycles. The molecule has 5 heteroatoms. The van der Waals surface area contributed by atoms with E-state index >= 15 is 0 Å². The molecule has 2 aromatic rings. The summed E-state index contributed by atoms with van der Waals surface area (Å²) < 4.78 is 4.94. The SMILES string of the molecule is COCCCNC(=O)c1cncc(Nc2ccccc2)c1. The van der Waals surface area contributed by atoms with Crippen molar-refractivity contribution >= 4 is 17.3 Å². The van der Waals surface area contributed by atoms with Crippen LogP contribution in [0, 0.1) is 0 Å². The minimum atomic E-state index is -0.129. The van der Waals surface area contributed by atoms with Gasteiger partial charge in [-0.1, -0.05) is 18.2 Å². The Bertz CT molecular complexity index is 573. The first-order valence-electron chi connectivity index (χ1n) is 6.84. The van der Waals surface area contributed by atoms with Gasteiger partial charge in [-0.2, -0.15) is 0 Å². The standard InChI is InChI=1S/C16H19N3O2/c1-21-9-5-8-18-16(20)13-10-15(12-17-11-13)19-14-6-3-2-4-7-14/h2-4,6-7,10-12,19H,5,8-9H2,1H3,(H,18,20). The molecule has 0 aliphatic heterocycles. The van der Waals surface area contributed by atoms with Gasteiger partial charge in [0.05, 0.1) is 17.4 Å². The van der Waals surface area contributed by atoms with Gasteiger partial charge in [0.1, 0.15) is 0 Å². The number of benzene rings is 1. The molecular weight excluding hydrogens is 266 g/mol. The number of ether oxygens (including phenoxy) is 1. The molecule has 0 fully saturated rings. The predicted octanol–water partition coefficient (Wildman–Crippen LogP) is 2.59. The third kappa shape index (κ3) is 4.89. The van der Waals surface area contributed by atoms with E-state index in [-0.39, 0.29) is 5.91 Å². The van der Waals surface area contributed by atoms with Gasteiger partial charge in [0.2, 0.25) is 0 Å². The highest BCUT2D eigenvalue weighted by atomic mass is 16.5. The van der Waals surface area contributed by atoms with E-state index in [1.54, 1.807) is 25.6 Å². The zero-order chi connectivity index (χ0) is 14.9. The second kappa shape index (κ2) is 8.01. The maximum atomic E-state index is 12.0. The van der Waals surface area contributed by atoms with Gasteiger partial charge in [0, 0.05) is 32.1 Å². The molecule has 0 saturated carbocycles. The molecule has 0 radical (unpaired) electrons.